The number of Topliss-reactive ketones (excluding diaryl/α,β-unsaturated/α-hetero) is 2. The smallest absolute Gasteiger partial charge is 0.494 e. The van der Waals surface area contributed by atoms with E-state index in [2.05, 4.69) is 21.1 Å². The van der Waals surface area contributed by atoms with Crippen molar-refractivity contribution in [2.45, 2.75) is 19.6 Å². The SMILES string of the molecule is COc1cc(-c2ccc(NN=C3C=Cc4c(S(=O)(=O)O)cc(S(=O)(=O)O)c(N)c4C3=O)c(OC)c2)ccc1NN=C1C=Cc2c(S(=O)(=O)O)cc(S(=O)(=O)O)c(N)c2C1=O.[Na+]. The third-order valence-corrected chi connectivity index (χ3v) is 12.4. The normalized spacial score (nSPS) is 15.2. The van der Waals surface area contributed by atoms with E-state index < -0.39 is 105 Å². The van der Waals surface area contributed by atoms with Crippen molar-refractivity contribution in [1.29, 1.82) is 0 Å². The van der Waals surface area contributed by atoms with Gasteiger partial charge in [0.05, 0.1) is 48.1 Å². The summed E-state index contributed by atoms with van der Waals surface area (Å²) in [6, 6.07) is 10.3. The molecule has 6 rings (SSSR count). The Morgan fingerprint density at radius 1 is 0.525 bits per heavy atom. The molecule has 0 atom stereocenters. The molecule has 0 unspecified atom stereocenters. The number of hydrazone groups is 2. The number of benzene rings is 4. The van der Waals surface area contributed by atoms with Gasteiger partial charge in [-0.1, -0.05) is 24.3 Å². The van der Waals surface area contributed by atoms with Crippen LogP contribution in [0.1, 0.15) is 31.8 Å². The van der Waals surface area contributed by atoms with Crippen molar-refractivity contribution in [3.63, 3.8) is 0 Å². The van der Waals surface area contributed by atoms with E-state index in [1.807, 2.05) is 0 Å². The molecule has 0 aromatic heterocycles. The minimum Gasteiger partial charge on any atom is -0.494 e. The van der Waals surface area contributed by atoms with Crippen LogP contribution in [0.3, 0.4) is 0 Å². The minimum absolute atomic E-state index is 0. The van der Waals surface area contributed by atoms with Crippen molar-refractivity contribution in [1.82, 2.24) is 0 Å². The van der Waals surface area contributed by atoms with E-state index >= 15 is 0 Å². The summed E-state index contributed by atoms with van der Waals surface area (Å²) >= 11 is 0. The molecular weight excluding hydrogens is 900 g/mol. The predicted octanol–water partition coefficient (Wildman–Crippen LogP) is -0.119. The molecule has 0 spiro atoms. The number of fused-ring (bicyclic) bond motifs is 2. The fourth-order valence-electron chi connectivity index (χ4n) is 6.08. The van der Waals surface area contributed by atoms with E-state index in [0.717, 1.165) is 24.3 Å². The number of hydrogen-bond donors (Lipinski definition) is 8. The van der Waals surface area contributed by atoms with Gasteiger partial charge in [0, 0.05) is 11.1 Å². The van der Waals surface area contributed by atoms with Crippen LogP contribution in [0, 0.1) is 0 Å². The first kappa shape index (κ1) is 46.5. The maximum atomic E-state index is 13.4. The van der Waals surface area contributed by atoms with Gasteiger partial charge < -0.3 is 20.9 Å². The minimum atomic E-state index is -5.15. The fourth-order valence-corrected chi connectivity index (χ4v) is 8.95. The van der Waals surface area contributed by atoms with Crippen molar-refractivity contribution in [3.05, 3.63) is 82.9 Å². The predicted molar refractivity (Wildman–Crippen MR) is 215 cm³/mol. The molecule has 0 heterocycles. The fraction of sp³-hybridized carbons (Fsp3) is 0.0588. The molecule has 0 amide bonds. The van der Waals surface area contributed by atoms with E-state index in [4.69, 9.17) is 20.9 Å². The van der Waals surface area contributed by atoms with Crippen LogP contribution < -0.4 is 61.3 Å². The zero-order chi connectivity index (χ0) is 44.3. The number of allylic oxidation sites excluding steroid dienone is 2. The Bertz CT molecular complexity index is 2970. The van der Waals surface area contributed by atoms with Crippen molar-refractivity contribution in [2.75, 3.05) is 36.5 Å². The van der Waals surface area contributed by atoms with Crippen molar-refractivity contribution in [3.8, 4) is 22.6 Å². The second-order valence-electron chi connectivity index (χ2n) is 12.4. The number of carbonyl (C=O) groups excluding carboxylic acids is 2. The summed E-state index contributed by atoms with van der Waals surface area (Å²) in [7, 11) is -17.8. The molecule has 0 radical (unpaired) electrons. The number of carbonyl (C=O) groups is 2. The summed E-state index contributed by atoms with van der Waals surface area (Å²) in [4.78, 5) is 22.6. The number of ether oxygens (including phenoxy) is 2. The number of hydrogen-bond acceptors (Lipinski definition) is 18. The summed E-state index contributed by atoms with van der Waals surface area (Å²) in [5.74, 6) is -1.72. The molecule has 0 saturated carbocycles. The first-order chi connectivity index (χ1) is 27.9. The first-order valence-corrected chi connectivity index (χ1v) is 21.9. The van der Waals surface area contributed by atoms with Gasteiger partial charge in [-0.15, -0.1) is 0 Å². The molecule has 314 valence electrons. The van der Waals surface area contributed by atoms with E-state index in [0.29, 0.717) is 23.3 Å². The molecule has 61 heavy (non-hydrogen) atoms. The number of rotatable bonds is 11. The molecule has 2 aliphatic carbocycles. The first-order valence-electron chi connectivity index (χ1n) is 16.2. The topological polar surface area (TPSA) is 371 Å². The zero-order valence-electron chi connectivity index (χ0n) is 31.3. The van der Waals surface area contributed by atoms with Crippen LogP contribution in [0.4, 0.5) is 22.7 Å². The molecule has 0 aliphatic heterocycles. The maximum Gasteiger partial charge on any atom is 1.00 e. The average molecular weight is 928 g/mol. The quantitative estimate of drug-likeness (QED) is 0.0421. The van der Waals surface area contributed by atoms with Crippen LogP contribution in [0.2, 0.25) is 0 Å². The standard InChI is InChI=1S/C34H28N6O16S4.Na/c1-55-23-11-15(3-7-19(23)37-39-21-9-5-17-25(57(43,44)45)13-27(59(49,50)51)31(35)29(17)33(21)41)16-4-8-20(24(12-16)56-2)38-40-22-10-6-18-26(58(46,47)48)14-28(60(52,53)54)32(36)30(18)34(22)42;/h3-14,37-38H,35-36H2,1-2H3,(H,43,44,45)(H,46,47,48)(H,49,50,51)(H,52,53,54);/q;+1. The van der Waals surface area contributed by atoms with Crippen LogP contribution in [0.25, 0.3) is 23.3 Å². The van der Waals surface area contributed by atoms with Gasteiger partial charge in [-0.25, -0.2) is 0 Å². The Balaban J connectivity index is 0.00000704. The van der Waals surface area contributed by atoms with Crippen LogP contribution in [0.15, 0.2) is 90.5 Å². The molecule has 4 aromatic carbocycles. The number of nitrogens with zero attached hydrogens (tertiary/aromatic N) is 2. The summed E-state index contributed by atoms with van der Waals surface area (Å²) in [5, 5.41) is 8.08. The van der Waals surface area contributed by atoms with Gasteiger partial charge >= 0.3 is 29.6 Å². The van der Waals surface area contributed by atoms with Crippen LogP contribution in [0.5, 0.6) is 11.5 Å². The summed E-state index contributed by atoms with van der Waals surface area (Å²) in [6.07, 6.45) is 4.29. The number of nitrogens with one attached hydrogen (secondary N) is 2. The number of methoxy groups -OCH3 is 2. The number of nitrogen functional groups attached to an aromatic ring is 2. The summed E-state index contributed by atoms with van der Waals surface area (Å²) in [5.41, 5.74) is 14.0. The van der Waals surface area contributed by atoms with Crippen LogP contribution in [-0.2, 0) is 40.5 Å². The molecule has 27 heteroatoms. The molecule has 10 N–H and O–H groups in total. The summed E-state index contributed by atoms with van der Waals surface area (Å²) < 4.78 is 145. The van der Waals surface area contributed by atoms with E-state index in [9.17, 15) is 61.5 Å². The van der Waals surface area contributed by atoms with Crippen molar-refractivity contribution < 1.29 is 101 Å². The molecule has 0 saturated heterocycles. The molecule has 0 fully saturated rings. The van der Waals surface area contributed by atoms with Gasteiger partial charge in [0.1, 0.15) is 42.5 Å². The van der Waals surface area contributed by atoms with Gasteiger partial charge in [-0.05, 0) is 59.7 Å². The Labute approximate surface area is 368 Å². The maximum absolute atomic E-state index is 13.4. The summed E-state index contributed by atoms with van der Waals surface area (Å²) in [6.45, 7) is 0. The second-order valence-corrected chi connectivity index (χ2v) is 18.0. The van der Waals surface area contributed by atoms with Crippen molar-refractivity contribution in [2.24, 2.45) is 10.2 Å². The largest absolute Gasteiger partial charge is 1.00 e. The second kappa shape index (κ2) is 16.7. The molecule has 4 aromatic rings. The van der Waals surface area contributed by atoms with E-state index in [1.165, 1.54) is 26.4 Å². The Hall–Kier alpha value is -5.52. The Morgan fingerprint density at radius 3 is 1.15 bits per heavy atom. The van der Waals surface area contributed by atoms with Crippen LogP contribution in [-0.4, -0.2) is 89.1 Å². The van der Waals surface area contributed by atoms with Crippen LogP contribution >= 0.6 is 0 Å². The van der Waals surface area contributed by atoms with E-state index in [-0.39, 0.29) is 63.9 Å². The number of anilines is 4. The Kier molecular flexibility index (Phi) is 12.8. The number of nitrogens with two attached hydrogens (primary N) is 2. The number of ketones is 2. The molecular formula is C34H28N6NaO16S4+. The Morgan fingerprint density at radius 2 is 0.852 bits per heavy atom. The van der Waals surface area contributed by atoms with Gasteiger partial charge in [0.2, 0.25) is 11.6 Å². The zero-order valence-corrected chi connectivity index (χ0v) is 36.6. The van der Waals surface area contributed by atoms with Gasteiger partial charge in [0.25, 0.3) is 40.5 Å². The molecule has 22 nitrogen and oxygen atoms in total. The van der Waals surface area contributed by atoms with Gasteiger partial charge in [-0.3, -0.25) is 38.7 Å². The third-order valence-electron chi connectivity index (χ3n) is 8.84. The molecule has 0 bridgehead atoms. The van der Waals surface area contributed by atoms with Gasteiger partial charge in [-0.2, -0.15) is 43.9 Å². The van der Waals surface area contributed by atoms with E-state index in [1.54, 1.807) is 24.3 Å². The average Bonchev–Trinajstić information content (AvgIpc) is 3.15. The third kappa shape index (κ3) is 9.09. The van der Waals surface area contributed by atoms with Gasteiger partial charge in [0.15, 0.2) is 0 Å². The molecule has 2 aliphatic rings. The van der Waals surface area contributed by atoms with Crippen molar-refractivity contribution >= 4 is 98.4 Å². The monoisotopic (exact) mass is 927 g/mol.